The number of nitrogens with zero attached hydrogens (tertiary/aromatic N) is 1. The van der Waals surface area contributed by atoms with E-state index in [4.69, 9.17) is 4.74 Å². The minimum absolute atomic E-state index is 0.0913. The summed E-state index contributed by atoms with van der Waals surface area (Å²) in [5, 5.41) is 22.0. The van der Waals surface area contributed by atoms with Crippen molar-refractivity contribution in [2.45, 2.75) is 45.1 Å². The van der Waals surface area contributed by atoms with E-state index in [2.05, 4.69) is 11.4 Å². The maximum absolute atomic E-state index is 12.3. The van der Waals surface area contributed by atoms with Gasteiger partial charge < -0.3 is 15.2 Å². The van der Waals surface area contributed by atoms with Gasteiger partial charge in [0, 0.05) is 6.54 Å². The van der Waals surface area contributed by atoms with Crippen molar-refractivity contribution in [1.82, 2.24) is 5.32 Å². The van der Waals surface area contributed by atoms with E-state index < -0.39 is 11.5 Å². The summed E-state index contributed by atoms with van der Waals surface area (Å²) in [6, 6.07) is 9.75. The first-order chi connectivity index (χ1) is 11.1. The van der Waals surface area contributed by atoms with E-state index in [0.29, 0.717) is 18.6 Å². The molecule has 0 bridgehead atoms. The van der Waals surface area contributed by atoms with E-state index in [1.807, 2.05) is 31.2 Å². The van der Waals surface area contributed by atoms with Crippen LogP contribution in [0.1, 0.15) is 37.7 Å². The number of aliphatic hydroxyl groups excluding tert-OH is 1. The molecule has 0 saturated heterocycles. The van der Waals surface area contributed by atoms with Crippen LogP contribution in [0.3, 0.4) is 0 Å². The molecule has 1 aliphatic carbocycles. The number of ether oxygens (including phenoxy) is 1. The highest BCUT2D eigenvalue weighted by atomic mass is 16.5. The van der Waals surface area contributed by atoms with Crippen LogP contribution in [-0.2, 0) is 4.79 Å². The number of carbonyl (C=O) groups is 1. The molecule has 1 aromatic rings. The summed E-state index contributed by atoms with van der Waals surface area (Å²) in [7, 11) is 0. The summed E-state index contributed by atoms with van der Waals surface area (Å²) in [5.41, 5.74) is 0.161. The molecule has 5 heteroatoms. The molecule has 124 valence electrons. The second-order valence-electron chi connectivity index (χ2n) is 6.25. The largest absolute Gasteiger partial charge is 0.491 e. The SMILES string of the molecule is Cc1cccc(OCC(O)CNC(=O)C2(C#N)CCCCC2)c1. The molecule has 0 aromatic heterocycles. The van der Waals surface area contributed by atoms with Crippen LogP contribution in [0.2, 0.25) is 0 Å². The molecule has 1 aromatic carbocycles. The lowest BCUT2D eigenvalue weighted by Crippen LogP contribution is -2.45. The summed E-state index contributed by atoms with van der Waals surface area (Å²) >= 11 is 0. The van der Waals surface area contributed by atoms with E-state index in [1.54, 1.807) is 0 Å². The smallest absolute Gasteiger partial charge is 0.240 e. The molecule has 0 heterocycles. The van der Waals surface area contributed by atoms with Crippen molar-refractivity contribution in [2.24, 2.45) is 5.41 Å². The molecule has 1 saturated carbocycles. The first kappa shape index (κ1) is 17.3. The van der Waals surface area contributed by atoms with E-state index in [1.165, 1.54) is 0 Å². The van der Waals surface area contributed by atoms with Crippen molar-refractivity contribution in [2.75, 3.05) is 13.2 Å². The molecule has 1 atom stereocenters. The van der Waals surface area contributed by atoms with Gasteiger partial charge in [0.15, 0.2) is 0 Å². The standard InChI is InChI=1S/C18H24N2O3/c1-14-6-5-7-16(10-14)23-12-15(21)11-20-17(22)18(13-19)8-3-2-4-9-18/h5-7,10,15,21H,2-4,8-9,11-12H2,1H3,(H,20,22). The van der Waals surface area contributed by atoms with Gasteiger partial charge in [-0.3, -0.25) is 4.79 Å². The predicted molar refractivity (Wildman–Crippen MR) is 86.8 cm³/mol. The van der Waals surface area contributed by atoms with Crippen LogP contribution in [0, 0.1) is 23.7 Å². The molecule has 5 nitrogen and oxygen atoms in total. The van der Waals surface area contributed by atoms with Gasteiger partial charge in [0.1, 0.15) is 23.9 Å². The number of nitriles is 1. The minimum Gasteiger partial charge on any atom is -0.491 e. The molecule has 1 amide bonds. The highest BCUT2D eigenvalue weighted by molar-refractivity contribution is 5.85. The van der Waals surface area contributed by atoms with E-state index in [9.17, 15) is 15.2 Å². The molecule has 23 heavy (non-hydrogen) atoms. The number of rotatable bonds is 6. The first-order valence-electron chi connectivity index (χ1n) is 8.13. The number of aliphatic hydroxyl groups is 1. The highest BCUT2D eigenvalue weighted by Gasteiger charge is 2.39. The van der Waals surface area contributed by atoms with Crippen molar-refractivity contribution in [1.29, 1.82) is 5.26 Å². The molecule has 1 aliphatic rings. The molecule has 0 aliphatic heterocycles. The van der Waals surface area contributed by atoms with Crippen molar-refractivity contribution in [3.63, 3.8) is 0 Å². The number of benzene rings is 1. The van der Waals surface area contributed by atoms with E-state index >= 15 is 0 Å². The number of nitrogens with one attached hydrogen (secondary N) is 1. The van der Waals surface area contributed by atoms with E-state index in [0.717, 1.165) is 24.8 Å². The Morgan fingerprint density at radius 1 is 1.43 bits per heavy atom. The van der Waals surface area contributed by atoms with Gasteiger partial charge in [0.05, 0.1) is 6.07 Å². The van der Waals surface area contributed by atoms with Crippen LogP contribution in [0.4, 0.5) is 0 Å². The maximum Gasteiger partial charge on any atom is 0.240 e. The van der Waals surface area contributed by atoms with Crippen LogP contribution < -0.4 is 10.1 Å². The normalized spacial score (nSPS) is 17.8. The average molecular weight is 316 g/mol. The Balaban J connectivity index is 1.78. The molecular formula is C18H24N2O3. The van der Waals surface area contributed by atoms with Crippen LogP contribution in [0.5, 0.6) is 5.75 Å². The first-order valence-corrected chi connectivity index (χ1v) is 8.13. The van der Waals surface area contributed by atoms with Crippen molar-refractivity contribution >= 4 is 5.91 Å². The lowest BCUT2D eigenvalue weighted by Gasteiger charge is -2.29. The van der Waals surface area contributed by atoms with Gasteiger partial charge in [-0.2, -0.15) is 5.26 Å². The van der Waals surface area contributed by atoms with Gasteiger partial charge in [-0.25, -0.2) is 0 Å². The molecule has 2 N–H and O–H groups in total. The zero-order valence-corrected chi connectivity index (χ0v) is 13.5. The average Bonchev–Trinajstić information content (AvgIpc) is 2.58. The second kappa shape index (κ2) is 7.98. The third-order valence-corrected chi connectivity index (χ3v) is 4.29. The lowest BCUT2D eigenvalue weighted by molar-refractivity contribution is -0.130. The molecule has 1 unspecified atom stereocenters. The Hall–Kier alpha value is -2.06. The molecular weight excluding hydrogens is 292 g/mol. The van der Waals surface area contributed by atoms with Gasteiger partial charge in [0.2, 0.25) is 5.91 Å². The third kappa shape index (κ3) is 4.70. The molecule has 2 rings (SSSR count). The Kier molecular flexibility index (Phi) is 6.00. The van der Waals surface area contributed by atoms with Crippen LogP contribution in [0.15, 0.2) is 24.3 Å². The number of hydrogen-bond donors (Lipinski definition) is 2. The highest BCUT2D eigenvalue weighted by Crippen LogP contribution is 2.35. The summed E-state index contributed by atoms with van der Waals surface area (Å²) in [6.07, 6.45) is 3.28. The minimum atomic E-state index is -0.921. The van der Waals surface area contributed by atoms with Gasteiger partial charge in [-0.15, -0.1) is 0 Å². The fraction of sp³-hybridized carbons (Fsp3) is 0.556. The topological polar surface area (TPSA) is 82.3 Å². The van der Waals surface area contributed by atoms with Gasteiger partial charge in [0.25, 0.3) is 0 Å². The third-order valence-electron chi connectivity index (χ3n) is 4.29. The zero-order valence-electron chi connectivity index (χ0n) is 13.5. The van der Waals surface area contributed by atoms with Crippen LogP contribution in [0.25, 0.3) is 0 Å². The quantitative estimate of drug-likeness (QED) is 0.844. The Morgan fingerprint density at radius 3 is 2.83 bits per heavy atom. The molecule has 1 fully saturated rings. The van der Waals surface area contributed by atoms with Crippen LogP contribution >= 0.6 is 0 Å². The summed E-state index contributed by atoms with van der Waals surface area (Å²) in [6.45, 7) is 2.16. The summed E-state index contributed by atoms with van der Waals surface area (Å²) < 4.78 is 5.51. The summed E-state index contributed by atoms with van der Waals surface area (Å²) in [5.74, 6) is 0.422. The number of aryl methyl sites for hydroxylation is 1. The van der Waals surface area contributed by atoms with Gasteiger partial charge >= 0.3 is 0 Å². The van der Waals surface area contributed by atoms with Crippen molar-refractivity contribution in [3.05, 3.63) is 29.8 Å². The van der Waals surface area contributed by atoms with E-state index in [-0.39, 0.29) is 19.1 Å². The number of hydrogen-bond acceptors (Lipinski definition) is 4. The Labute approximate surface area is 137 Å². The predicted octanol–water partition coefficient (Wildman–Crippen LogP) is 2.33. The summed E-state index contributed by atoms with van der Waals surface area (Å²) in [4.78, 5) is 12.3. The Bertz CT molecular complexity index is 574. The monoisotopic (exact) mass is 316 g/mol. The maximum atomic E-state index is 12.3. The molecule has 0 radical (unpaired) electrons. The number of amides is 1. The van der Waals surface area contributed by atoms with Gasteiger partial charge in [-0.1, -0.05) is 31.4 Å². The van der Waals surface area contributed by atoms with Crippen LogP contribution in [-0.4, -0.2) is 30.3 Å². The zero-order chi connectivity index (χ0) is 16.7. The Morgan fingerprint density at radius 2 is 2.17 bits per heavy atom. The lowest BCUT2D eigenvalue weighted by atomic mass is 9.74. The fourth-order valence-electron chi connectivity index (χ4n) is 2.88. The van der Waals surface area contributed by atoms with Crippen molar-refractivity contribution < 1.29 is 14.6 Å². The number of carbonyl (C=O) groups excluding carboxylic acids is 1. The fourth-order valence-corrected chi connectivity index (χ4v) is 2.88. The molecule has 0 spiro atoms. The second-order valence-corrected chi connectivity index (χ2v) is 6.25. The van der Waals surface area contributed by atoms with Crippen molar-refractivity contribution in [3.8, 4) is 11.8 Å². The van der Waals surface area contributed by atoms with Gasteiger partial charge in [-0.05, 0) is 37.5 Å².